The van der Waals surface area contributed by atoms with Gasteiger partial charge < -0.3 is 19.9 Å². The van der Waals surface area contributed by atoms with Crippen molar-refractivity contribution in [3.8, 4) is 5.75 Å². The fourth-order valence-electron chi connectivity index (χ4n) is 1.64. The van der Waals surface area contributed by atoms with Crippen LogP contribution >= 0.6 is 11.6 Å². The van der Waals surface area contributed by atoms with E-state index in [0.29, 0.717) is 31.0 Å². The van der Waals surface area contributed by atoms with Crippen molar-refractivity contribution in [3.05, 3.63) is 28.8 Å². The van der Waals surface area contributed by atoms with Crippen molar-refractivity contribution in [2.75, 3.05) is 26.4 Å². The van der Waals surface area contributed by atoms with Crippen molar-refractivity contribution in [2.45, 2.75) is 19.8 Å². The molecule has 0 atom stereocenters. The fourth-order valence-corrected chi connectivity index (χ4v) is 1.76. The van der Waals surface area contributed by atoms with Gasteiger partial charge in [-0.2, -0.15) is 0 Å². The van der Waals surface area contributed by atoms with Crippen LogP contribution in [0, 0.1) is 6.92 Å². The highest BCUT2D eigenvalue weighted by molar-refractivity contribution is 6.31. The number of rotatable bonds is 10. The number of hydrogen-bond donors (Lipinski definition) is 2. The van der Waals surface area contributed by atoms with Gasteiger partial charge in [0.1, 0.15) is 12.4 Å². The Morgan fingerprint density at radius 1 is 1.32 bits per heavy atom. The summed E-state index contributed by atoms with van der Waals surface area (Å²) in [7, 11) is 0. The Hall–Kier alpha value is -1.79. The molecule has 0 aromatic heterocycles. The number of carboxylic acid groups (broad SMARTS) is 1. The average Bonchev–Trinajstić information content (AvgIpc) is 2.46. The van der Waals surface area contributed by atoms with Gasteiger partial charge in [-0.15, -0.1) is 0 Å². The predicted molar refractivity (Wildman–Crippen MR) is 82.4 cm³/mol. The molecule has 1 aromatic rings. The minimum Gasteiger partial charge on any atom is -0.494 e. The zero-order valence-corrected chi connectivity index (χ0v) is 13.2. The number of hydrogen-bond acceptors (Lipinski definition) is 4. The molecular weight excluding hydrogens is 310 g/mol. The molecule has 122 valence electrons. The highest BCUT2D eigenvalue weighted by atomic mass is 35.5. The van der Waals surface area contributed by atoms with Gasteiger partial charge in [0.15, 0.2) is 0 Å². The first-order chi connectivity index (χ1) is 10.5. The minimum atomic E-state index is -1.03. The Morgan fingerprint density at radius 3 is 2.77 bits per heavy atom. The summed E-state index contributed by atoms with van der Waals surface area (Å²) in [5.41, 5.74) is 0.943. The zero-order valence-electron chi connectivity index (χ0n) is 12.4. The monoisotopic (exact) mass is 329 g/mol. The molecule has 22 heavy (non-hydrogen) atoms. The van der Waals surface area contributed by atoms with Gasteiger partial charge in [0.25, 0.3) is 0 Å². The molecule has 0 aliphatic heterocycles. The zero-order chi connectivity index (χ0) is 16.4. The summed E-state index contributed by atoms with van der Waals surface area (Å²) >= 11 is 5.92. The smallest absolute Gasteiger partial charge is 0.329 e. The molecule has 0 heterocycles. The predicted octanol–water partition coefficient (Wildman–Crippen LogP) is 2.02. The summed E-state index contributed by atoms with van der Waals surface area (Å²) in [6, 6.07) is 5.41. The Bertz CT molecular complexity index is 507. The second kappa shape index (κ2) is 10.0. The number of carboxylic acids is 1. The quantitative estimate of drug-likeness (QED) is 0.641. The Labute approximate surface area is 134 Å². The summed E-state index contributed by atoms with van der Waals surface area (Å²) in [6.07, 6.45) is 0.926. The molecule has 1 amide bonds. The van der Waals surface area contributed by atoms with Gasteiger partial charge in [0, 0.05) is 18.0 Å². The summed E-state index contributed by atoms with van der Waals surface area (Å²) < 4.78 is 10.3. The average molecular weight is 330 g/mol. The van der Waals surface area contributed by atoms with Gasteiger partial charge in [-0.05, 0) is 37.1 Å². The van der Waals surface area contributed by atoms with E-state index in [1.54, 1.807) is 12.1 Å². The van der Waals surface area contributed by atoms with Crippen molar-refractivity contribution in [2.24, 2.45) is 0 Å². The first-order valence-electron chi connectivity index (χ1n) is 6.94. The molecule has 1 rings (SSSR count). The topological polar surface area (TPSA) is 84.9 Å². The molecule has 1 aromatic carbocycles. The van der Waals surface area contributed by atoms with Crippen LogP contribution in [-0.2, 0) is 14.3 Å². The van der Waals surface area contributed by atoms with E-state index in [2.05, 4.69) is 5.32 Å². The van der Waals surface area contributed by atoms with E-state index >= 15 is 0 Å². The summed E-state index contributed by atoms with van der Waals surface area (Å²) in [5.74, 6) is -0.417. The highest BCUT2D eigenvalue weighted by Gasteiger charge is 2.03. The lowest BCUT2D eigenvalue weighted by molar-refractivity contribution is -0.142. The molecular formula is C15H20ClNO5. The molecule has 7 heteroatoms. The lowest BCUT2D eigenvalue weighted by Crippen LogP contribution is -2.28. The number of ether oxygens (including phenoxy) is 2. The molecule has 6 nitrogen and oxygen atoms in total. The molecule has 0 radical (unpaired) electrons. The highest BCUT2D eigenvalue weighted by Crippen LogP contribution is 2.21. The van der Waals surface area contributed by atoms with Crippen molar-refractivity contribution in [3.63, 3.8) is 0 Å². The van der Waals surface area contributed by atoms with E-state index in [-0.39, 0.29) is 19.1 Å². The first-order valence-corrected chi connectivity index (χ1v) is 7.32. The van der Waals surface area contributed by atoms with Gasteiger partial charge in [-0.3, -0.25) is 4.79 Å². The minimum absolute atomic E-state index is 0.116. The molecule has 0 fully saturated rings. The third-order valence-corrected chi connectivity index (χ3v) is 3.16. The van der Waals surface area contributed by atoms with Crippen LogP contribution in [0.3, 0.4) is 0 Å². The number of carbonyl (C=O) groups is 2. The molecule has 2 N–H and O–H groups in total. The van der Waals surface area contributed by atoms with Crippen LogP contribution in [0.1, 0.15) is 18.4 Å². The molecule has 0 saturated heterocycles. The normalized spacial score (nSPS) is 10.3. The molecule has 0 aliphatic rings. The molecule has 0 aliphatic carbocycles. The molecule has 0 saturated carbocycles. The number of nitrogens with one attached hydrogen (secondary N) is 1. The van der Waals surface area contributed by atoms with Crippen molar-refractivity contribution in [1.82, 2.24) is 5.32 Å². The van der Waals surface area contributed by atoms with Gasteiger partial charge in [-0.1, -0.05) is 11.6 Å². The Balaban J connectivity index is 2.07. The number of aryl methyl sites for hydroxylation is 1. The Morgan fingerprint density at radius 2 is 2.09 bits per heavy atom. The molecule has 0 spiro atoms. The standard InChI is InChI=1S/C15H20ClNO5/c1-11-9-12(4-5-13(11)16)22-7-2-3-14(18)17-6-8-21-10-15(19)20/h4-5,9H,2-3,6-8,10H2,1H3,(H,17,18)(H,19,20). The van der Waals surface area contributed by atoms with Gasteiger partial charge in [0.05, 0.1) is 13.2 Å². The first kappa shape index (κ1) is 18.3. The van der Waals surface area contributed by atoms with Crippen LogP contribution in [0.4, 0.5) is 0 Å². The largest absolute Gasteiger partial charge is 0.494 e. The number of benzene rings is 1. The van der Waals surface area contributed by atoms with Crippen LogP contribution in [0.25, 0.3) is 0 Å². The number of carbonyl (C=O) groups excluding carboxylic acids is 1. The fraction of sp³-hybridized carbons (Fsp3) is 0.467. The van der Waals surface area contributed by atoms with Gasteiger partial charge in [-0.25, -0.2) is 4.79 Å². The van der Waals surface area contributed by atoms with Gasteiger partial charge >= 0.3 is 5.97 Å². The van der Waals surface area contributed by atoms with Crippen molar-refractivity contribution < 1.29 is 24.2 Å². The number of amides is 1. The summed E-state index contributed by atoms with van der Waals surface area (Å²) in [5, 5.41) is 11.7. The second-order valence-corrected chi connectivity index (χ2v) is 5.07. The number of halogens is 1. The third-order valence-electron chi connectivity index (χ3n) is 2.74. The van der Waals surface area contributed by atoms with Crippen LogP contribution in [0.2, 0.25) is 5.02 Å². The SMILES string of the molecule is Cc1cc(OCCCC(=O)NCCOCC(=O)O)ccc1Cl. The van der Waals surface area contributed by atoms with E-state index in [1.807, 2.05) is 13.0 Å². The van der Waals surface area contributed by atoms with E-state index in [4.69, 9.17) is 26.2 Å². The van der Waals surface area contributed by atoms with E-state index in [1.165, 1.54) is 0 Å². The molecule has 0 unspecified atom stereocenters. The summed E-state index contributed by atoms with van der Waals surface area (Å²) in [4.78, 5) is 21.7. The molecule has 0 bridgehead atoms. The van der Waals surface area contributed by atoms with E-state index < -0.39 is 5.97 Å². The van der Waals surface area contributed by atoms with Crippen LogP contribution in [0.5, 0.6) is 5.75 Å². The second-order valence-electron chi connectivity index (χ2n) is 4.66. The maximum atomic E-state index is 11.5. The van der Waals surface area contributed by atoms with Crippen LogP contribution in [-0.4, -0.2) is 43.3 Å². The van der Waals surface area contributed by atoms with Crippen molar-refractivity contribution in [1.29, 1.82) is 0 Å². The van der Waals surface area contributed by atoms with Crippen LogP contribution in [0.15, 0.2) is 18.2 Å². The lowest BCUT2D eigenvalue weighted by Gasteiger charge is -2.08. The Kier molecular flexibility index (Phi) is 8.32. The van der Waals surface area contributed by atoms with Crippen LogP contribution < -0.4 is 10.1 Å². The van der Waals surface area contributed by atoms with Crippen molar-refractivity contribution >= 4 is 23.5 Å². The van der Waals surface area contributed by atoms with E-state index in [9.17, 15) is 9.59 Å². The lowest BCUT2D eigenvalue weighted by atomic mass is 10.2. The maximum Gasteiger partial charge on any atom is 0.329 e. The maximum absolute atomic E-state index is 11.5. The van der Waals surface area contributed by atoms with Gasteiger partial charge in [0.2, 0.25) is 5.91 Å². The number of aliphatic carboxylic acids is 1. The van der Waals surface area contributed by atoms with E-state index in [0.717, 1.165) is 11.3 Å². The summed E-state index contributed by atoms with van der Waals surface area (Å²) in [6.45, 7) is 2.45. The third kappa shape index (κ3) is 7.85.